The Balaban J connectivity index is 1.60. The number of hydrogen-bond donors (Lipinski definition) is 1. The highest BCUT2D eigenvalue weighted by atomic mass is 16.5. The lowest BCUT2D eigenvalue weighted by Gasteiger charge is -2.05. The number of ether oxygens (including phenoxy) is 1. The summed E-state index contributed by atoms with van der Waals surface area (Å²) < 4.78 is 5.39. The molecule has 1 amide bonds. The van der Waals surface area contributed by atoms with Crippen LogP contribution in [0.3, 0.4) is 0 Å². The summed E-state index contributed by atoms with van der Waals surface area (Å²) >= 11 is 0. The Morgan fingerprint density at radius 3 is 2.60 bits per heavy atom. The molecule has 0 aliphatic rings. The predicted octanol–water partition coefficient (Wildman–Crippen LogP) is 3.93. The van der Waals surface area contributed by atoms with Crippen LogP contribution in [0.2, 0.25) is 0 Å². The third kappa shape index (κ3) is 4.44. The molecule has 126 valence electrons. The van der Waals surface area contributed by atoms with Crippen molar-refractivity contribution in [2.75, 3.05) is 6.61 Å². The molecule has 0 bridgehead atoms. The van der Waals surface area contributed by atoms with Crippen LogP contribution < -0.4 is 10.2 Å². The molecular formula is C21H20N2O2. The van der Waals surface area contributed by atoms with Gasteiger partial charge in [0.05, 0.1) is 19.2 Å². The zero-order valence-electron chi connectivity index (χ0n) is 14.1. The Morgan fingerprint density at radius 1 is 1.04 bits per heavy atom. The summed E-state index contributed by atoms with van der Waals surface area (Å²) in [4.78, 5) is 12.1. The molecule has 0 aliphatic carbocycles. The average Bonchev–Trinajstić information content (AvgIpc) is 2.64. The largest absolute Gasteiger partial charge is 0.494 e. The van der Waals surface area contributed by atoms with E-state index in [1.807, 2.05) is 73.7 Å². The van der Waals surface area contributed by atoms with Gasteiger partial charge in [0.1, 0.15) is 5.75 Å². The number of fused-ring (bicyclic) bond motifs is 1. The fourth-order valence-electron chi connectivity index (χ4n) is 2.65. The molecule has 0 saturated carbocycles. The second-order valence-electron chi connectivity index (χ2n) is 5.61. The van der Waals surface area contributed by atoms with Gasteiger partial charge in [-0.15, -0.1) is 0 Å². The molecular weight excluding hydrogens is 312 g/mol. The van der Waals surface area contributed by atoms with Crippen molar-refractivity contribution in [2.45, 2.75) is 13.3 Å². The van der Waals surface area contributed by atoms with Crippen molar-refractivity contribution in [3.05, 3.63) is 77.9 Å². The topological polar surface area (TPSA) is 50.7 Å². The van der Waals surface area contributed by atoms with E-state index in [-0.39, 0.29) is 5.91 Å². The van der Waals surface area contributed by atoms with E-state index >= 15 is 0 Å². The quantitative estimate of drug-likeness (QED) is 0.549. The number of hydrogen-bond acceptors (Lipinski definition) is 3. The summed E-state index contributed by atoms with van der Waals surface area (Å²) in [6, 6.07) is 21.6. The fourth-order valence-corrected chi connectivity index (χ4v) is 2.65. The molecule has 4 nitrogen and oxygen atoms in total. The van der Waals surface area contributed by atoms with Gasteiger partial charge in [-0.1, -0.05) is 42.5 Å². The molecule has 0 unspecified atom stereocenters. The second kappa shape index (κ2) is 8.11. The first-order valence-corrected chi connectivity index (χ1v) is 8.27. The van der Waals surface area contributed by atoms with E-state index in [0.29, 0.717) is 13.0 Å². The number of nitrogens with one attached hydrogen (secondary N) is 1. The third-order valence-corrected chi connectivity index (χ3v) is 3.82. The number of carbonyl (C=O) groups is 1. The van der Waals surface area contributed by atoms with Gasteiger partial charge in [-0.05, 0) is 53.1 Å². The van der Waals surface area contributed by atoms with Gasteiger partial charge in [0.25, 0.3) is 0 Å². The number of benzene rings is 3. The van der Waals surface area contributed by atoms with Gasteiger partial charge in [0, 0.05) is 0 Å². The highest BCUT2D eigenvalue weighted by Crippen LogP contribution is 2.18. The average molecular weight is 332 g/mol. The molecule has 0 heterocycles. The molecule has 0 radical (unpaired) electrons. The first kappa shape index (κ1) is 16.7. The van der Waals surface area contributed by atoms with Gasteiger partial charge in [-0.3, -0.25) is 4.79 Å². The van der Waals surface area contributed by atoms with E-state index in [0.717, 1.165) is 27.6 Å². The minimum Gasteiger partial charge on any atom is -0.494 e. The van der Waals surface area contributed by atoms with Crippen LogP contribution in [-0.2, 0) is 11.2 Å². The van der Waals surface area contributed by atoms with E-state index < -0.39 is 0 Å². The van der Waals surface area contributed by atoms with Crippen LogP contribution in [0.1, 0.15) is 18.1 Å². The summed E-state index contributed by atoms with van der Waals surface area (Å²) in [6.07, 6.45) is 1.92. The Hall–Kier alpha value is -3.14. The van der Waals surface area contributed by atoms with Gasteiger partial charge >= 0.3 is 0 Å². The van der Waals surface area contributed by atoms with E-state index in [9.17, 15) is 4.79 Å². The van der Waals surface area contributed by atoms with Gasteiger partial charge in [0.15, 0.2) is 0 Å². The first-order chi connectivity index (χ1) is 12.3. The smallest absolute Gasteiger partial charge is 0.244 e. The van der Waals surface area contributed by atoms with E-state index in [4.69, 9.17) is 4.74 Å². The van der Waals surface area contributed by atoms with Crippen molar-refractivity contribution in [2.24, 2.45) is 5.10 Å². The molecule has 0 saturated heterocycles. The number of rotatable bonds is 6. The normalized spacial score (nSPS) is 10.9. The van der Waals surface area contributed by atoms with Crippen LogP contribution in [0.15, 0.2) is 71.8 Å². The number of nitrogens with zero attached hydrogens (tertiary/aromatic N) is 1. The molecule has 4 heteroatoms. The van der Waals surface area contributed by atoms with Gasteiger partial charge in [0.2, 0.25) is 5.91 Å². The maximum atomic E-state index is 12.1. The molecule has 3 aromatic carbocycles. The Bertz CT molecular complexity index is 881. The molecule has 0 fully saturated rings. The molecule has 0 spiro atoms. The molecule has 0 aliphatic heterocycles. The fraction of sp³-hybridized carbons (Fsp3) is 0.143. The summed E-state index contributed by atoms with van der Waals surface area (Å²) in [6.45, 7) is 2.58. The lowest BCUT2D eigenvalue weighted by atomic mass is 10.0. The van der Waals surface area contributed by atoms with E-state index in [1.165, 1.54) is 0 Å². The van der Waals surface area contributed by atoms with Crippen LogP contribution in [0.25, 0.3) is 10.8 Å². The summed E-state index contributed by atoms with van der Waals surface area (Å²) in [5, 5.41) is 6.25. The minimum absolute atomic E-state index is 0.140. The van der Waals surface area contributed by atoms with Gasteiger partial charge < -0.3 is 4.74 Å². The predicted molar refractivity (Wildman–Crippen MR) is 101 cm³/mol. The van der Waals surface area contributed by atoms with E-state index in [1.54, 1.807) is 6.21 Å². The van der Waals surface area contributed by atoms with Gasteiger partial charge in [-0.2, -0.15) is 5.10 Å². The summed E-state index contributed by atoms with van der Waals surface area (Å²) in [5.74, 6) is 0.679. The SMILES string of the molecule is CCOc1ccc(/C=N/NC(=O)Cc2cccc3ccccc23)cc1. The van der Waals surface area contributed by atoms with Crippen molar-refractivity contribution in [3.63, 3.8) is 0 Å². The van der Waals surface area contributed by atoms with Crippen LogP contribution >= 0.6 is 0 Å². The van der Waals surface area contributed by atoms with Crippen molar-refractivity contribution in [1.29, 1.82) is 0 Å². The van der Waals surface area contributed by atoms with Crippen molar-refractivity contribution in [3.8, 4) is 5.75 Å². The maximum absolute atomic E-state index is 12.1. The van der Waals surface area contributed by atoms with Crippen molar-refractivity contribution in [1.82, 2.24) is 5.43 Å². The van der Waals surface area contributed by atoms with Crippen LogP contribution in [0.5, 0.6) is 5.75 Å². The highest BCUT2D eigenvalue weighted by molar-refractivity contribution is 5.90. The Morgan fingerprint density at radius 2 is 1.80 bits per heavy atom. The van der Waals surface area contributed by atoms with Crippen LogP contribution in [0, 0.1) is 0 Å². The lowest BCUT2D eigenvalue weighted by molar-refractivity contribution is -0.120. The van der Waals surface area contributed by atoms with Crippen molar-refractivity contribution < 1.29 is 9.53 Å². The van der Waals surface area contributed by atoms with Crippen molar-refractivity contribution >= 4 is 22.9 Å². The minimum atomic E-state index is -0.140. The molecule has 0 atom stereocenters. The first-order valence-electron chi connectivity index (χ1n) is 8.27. The lowest BCUT2D eigenvalue weighted by Crippen LogP contribution is -2.19. The standard InChI is InChI=1S/C21H20N2O2/c1-2-25-19-12-10-16(11-13-19)15-22-23-21(24)14-18-8-5-7-17-6-3-4-9-20(17)18/h3-13,15H,2,14H2,1H3,(H,23,24)/b22-15+. The van der Waals surface area contributed by atoms with Crippen LogP contribution in [0.4, 0.5) is 0 Å². The molecule has 3 rings (SSSR count). The molecule has 3 aromatic rings. The zero-order valence-corrected chi connectivity index (χ0v) is 14.1. The second-order valence-corrected chi connectivity index (χ2v) is 5.61. The zero-order chi connectivity index (χ0) is 17.5. The Labute approximate surface area is 147 Å². The number of hydrazone groups is 1. The molecule has 0 aromatic heterocycles. The van der Waals surface area contributed by atoms with E-state index in [2.05, 4.69) is 10.5 Å². The number of amides is 1. The summed E-state index contributed by atoms with van der Waals surface area (Å²) in [7, 11) is 0. The molecule has 1 N–H and O–H groups in total. The number of carbonyl (C=O) groups excluding carboxylic acids is 1. The Kier molecular flexibility index (Phi) is 5.42. The van der Waals surface area contributed by atoms with Gasteiger partial charge in [-0.25, -0.2) is 5.43 Å². The monoisotopic (exact) mass is 332 g/mol. The molecule has 25 heavy (non-hydrogen) atoms. The third-order valence-electron chi connectivity index (χ3n) is 3.82. The summed E-state index contributed by atoms with van der Waals surface area (Å²) in [5.41, 5.74) is 4.47. The van der Waals surface area contributed by atoms with Crippen LogP contribution in [-0.4, -0.2) is 18.7 Å². The maximum Gasteiger partial charge on any atom is 0.244 e. The highest BCUT2D eigenvalue weighted by Gasteiger charge is 2.05.